The summed E-state index contributed by atoms with van der Waals surface area (Å²) in [4.78, 5) is 58.5. The molecule has 0 bridgehead atoms. The van der Waals surface area contributed by atoms with Crippen LogP contribution in [0.1, 0.15) is 90.9 Å². The molecule has 0 fully saturated rings. The van der Waals surface area contributed by atoms with E-state index in [-0.39, 0.29) is 13.1 Å². The number of hydrogen-bond acceptors (Lipinski definition) is 4. The lowest BCUT2D eigenvalue weighted by Crippen LogP contribution is -2.30. The molecule has 6 heteroatoms. The topological polar surface area (TPSA) is 78.1 Å². The van der Waals surface area contributed by atoms with E-state index in [1.807, 2.05) is 60.7 Å². The maximum absolute atomic E-state index is 14.6. The standard InChI is InChI=1S/C40H44N2O4/c1-3-5-7-9-11-19-25-41-37(43)31-27-21-15-13-17-23-29(27)33-35(31)36-32(38(41)44)28-22-16-14-18-24-30(28)34(36)40(46)42(39(33)45)26-20-12-10-8-6-4-2/h13-18,21-24H,3-12,19-20,25-26H2,1-2H3. The van der Waals surface area contributed by atoms with Crippen molar-refractivity contribution in [3.8, 4) is 22.3 Å². The Kier molecular flexibility index (Phi) is 9.62. The van der Waals surface area contributed by atoms with Crippen molar-refractivity contribution in [1.82, 2.24) is 9.13 Å². The van der Waals surface area contributed by atoms with Gasteiger partial charge in [0.15, 0.2) is 0 Å². The zero-order valence-electron chi connectivity index (χ0n) is 27.2. The van der Waals surface area contributed by atoms with E-state index in [1.54, 1.807) is 0 Å². The van der Waals surface area contributed by atoms with Gasteiger partial charge in [-0.1, -0.05) is 139 Å². The molecule has 2 aromatic rings. The molecule has 0 spiro atoms. The summed E-state index contributed by atoms with van der Waals surface area (Å²) in [7, 11) is 0. The molecule has 238 valence electrons. The van der Waals surface area contributed by atoms with Gasteiger partial charge >= 0.3 is 0 Å². The Labute approximate surface area is 269 Å². The Hall–Kier alpha value is -4.32. The summed E-state index contributed by atoms with van der Waals surface area (Å²) < 4.78 is 2.75. The largest absolute Gasteiger partial charge is 0.274 e. The van der Waals surface area contributed by atoms with E-state index in [4.69, 9.17) is 0 Å². The molecule has 6 nitrogen and oxygen atoms in total. The Balaban J connectivity index is 1.72. The number of hydrogen-bond donors (Lipinski definition) is 0. The van der Waals surface area contributed by atoms with E-state index in [1.165, 1.54) is 22.0 Å². The number of nitrogens with zero attached hydrogens (tertiary/aromatic N) is 2. The molecular formula is C40H44N2O4. The van der Waals surface area contributed by atoms with Gasteiger partial charge in [0.25, 0.3) is 22.2 Å². The van der Waals surface area contributed by atoms with Crippen LogP contribution in [0.5, 0.6) is 0 Å². The highest BCUT2D eigenvalue weighted by atomic mass is 16.2. The van der Waals surface area contributed by atoms with E-state index in [9.17, 15) is 19.2 Å². The van der Waals surface area contributed by atoms with E-state index in [2.05, 4.69) is 13.8 Å². The highest BCUT2D eigenvalue weighted by Crippen LogP contribution is 2.44. The highest BCUT2D eigenvalue weighted by Gasteiger charge is 2.30. The molecule has 0 unspecified atom stereocenters. The lowest BCUT2D eigenvalue weighted by molar-refractivity contribution is 0.546. The van der Waals surface area contributed by atoms with Gasteiger partial charge in [-0.25, -0.2) is 0 Å². The molecule has 0 saturated heterocycles. The number of unbranched alkanes of at least 4 members (excludes halogenated alkanes) is 10. The monoisotopic (exact) mass is 616 g/mol. The number of aromatic nitrogens is 2. The zero-order chi connectivity index (χ0) is 32.2. The van der Waals surface area contributed by atoms with Crippen molar-refractivity contribution < 1.29 is 0 Å². The fourth-order valence-electron chi connectivity index (χ4n) is 7.37. The van der Waals surface area contributed by atoms with Gasteiger partial charge in [0, 0.05) is 23.9 Å². The first kappa shape index (κ1) is 31.7. The molecule has 4 aliphatic rings. The van der Waals surface area contributed by atoms with Crippen molar-refractivity contribution >= 4 is 32.3 Å². The molecule has 4 aliphatic carbocycles. The first-order valence-corrected chi connectivity index (χ1v) is 17.3. The van der Waals surface area contributed by atoms with E-state index >= 15 is 0 Å². The SMILES string of the molecule is CCCCCCCCn1c(=O)c2c3cccccc-3c3c(=O)n(CCCCCCCC)c(=O)c4c5cccccc-5c(c1=O)c4c23. The predicted molar refractivity (Wildman–Crippen MR) is 191 cm³/mol. The first-order chi connectivity index (χ1) is 22.5. The Morgan fingerprint density at radius 2 is 0.652 bits per heavy atom. The Morgan fingerprint density at radius 1 is 0.370 bits per heavy atom. The second kappa shape index (κ2) is 14.0. The van der Waals surface area contributed by atoms with Gasteiger partial charge in [-0.05, 0) is 35.1 Å². The first-order valence-electron chi connectivity index (χ1n) is 17.3. The van der Waals surface area contributed by atoms with Crippen molar-refractivity contribution in [2.75, 3.05) is 0 Å². The van der Waals surface area contributed by atoms with Gasteiger partial charge in [0.05, 0.1) is 21.5 Å². The van der Waals surface area contributed by atoms with Crippen LogP contribution in [-0.4, -0.2) is 9.13 Å². The van der Waals surface area contributed by atoms with Gasteiger partial charge in [-0.2, -0.15) is 0 Å². The highest BCUT2D eigenvalue weighted by molar-refractivity contribution is 6.33. The molecule has 0 saturated carbocycles. The average molecular weight is 617 g/mol. The van der Waals surface area contributed by atoms with Crippen molar-refractivity contribution in [2.45, 2.75) is 104 Å². The van der Waals surface area contributed by atoms with Gasteiger partial charge in [0.2, 0.25) is 0 Å². The van der Waals surface area contributed by atoms with Crippen molar-refractivity contribution in [3.05, 3.63) is 102 Å². The molecule has 2 aromatic heterocycles. The Morgan fingerprint density at radius 3 is 0.957 bits per heavy atom. The van der Waals surface area contributed by atoms with Crippen LogP contribution in [0.4, 0.5) is 0 Å². The molecule has 0 radical (unpaired) electrons. The minimum absolute atomic E-state index is 0.288. The maximum atomic E-state index is 14.6. The number of fused-ring (bicyclic) bond motifs is 6. The molecule has 0 amide bonds. The van der Waals surface area contributed by atoms with Gasteiger partial charge in [0.1, 0.15) is 0 Å². The summed E-state index contributed by atoms with van der Waals surface area (Å²) in [5.74, 6) is 0. The number of rotatable bonds is 14. The smallest absolute Gasteiger partial charge is 0.262 e. The predicted octanol–water partition coefficient (Wildman–Crippen LogP) is 8.56. The van der Waals surface area contributed by atoms with E-state index < -0.39 is 22.2 Å². The zero-order valence-corrected chi connectivity index (χ0v) is 27.2. The van der Waals surface area contributed by atoms with Crippen LogP contribution in [0.2, 0.25) is 0 Å². The summed E-state index contributed by atoms with van der Waals surface area (Å²) >= 11 is 0. The quantitative estimate of drug-likeness (QED) is 0.115. The summed E-state index contributed by atoms with van der Waals surface area (Å²) in [5, 5.41) is 2.28. The van der Waals surface area contributed by atoms with Crippen molar-refractivity contribution in [1.29, 1.82) is 0 Å². The molecule has 0 aliphatic heterocycles. The van der Waals surface area contributed by atoms with Gasteiger partial charge < -0.3 is 0 Å². The molecule has 0 aromatic carbocycles. The maximum Gasteiger partial charge on any atom is 0.262 e. The Bertz CT molecular complexity index is 1890. The molecule has 0 atom stereocenters. The van der Waals surface area contributed by atoms with Crippen LogP contribution >= 0.6 is 0 Å². The average Bonchev–Trinajstić information content (AvgIpc) is 3.20. The van der Waals surface area contributed by atoms with Crippen molar-refractivity contribution in [2.24, 2.45) is 0 Å². The summed E-state index contributed by atoms with van der Waals surface area (Å²) in [6.45, 7) is 4.94. The summed E-state index contributed by atoms with van der Waals surface area (Å²) in [6, 6.07) is 18.7. The molecular weight excluding hydrogens is 572 g/mol. The second-order valence-corrected chi connectivity index (χ2v) is 12.8. The van der Waals surface area contributed by atoms with Crippen LogP contribution in [0.3, 0.4) is 0 Å². The summed E-state index contributed by atoms with van der Waals surface area (Å²) in [6.07, 6.45) is 12.3. The van der Waals surface area contributed by atoms with Gasteiger partial charge in [-0.3, -0.25) is 28.3 Å². The van der Waals surface area contributed by atoms with E-state index in [0.717, 1.165) is 51.4 Å². The minimum Gasteiger partial charge on any atom is -0.274 e. The second-order valence-electron chi connectivity index (χ2n) is 12.8. The third-order valence-electron chi connectivity index (χ3n) is 9.71. The van der Waals surface area contributed by atoms with Crippen LogP contribution in [0.15, 0.2) is 79.8 Å². The normalized spacial score (nSPS) is 12.0. The molecule has 46 heavy (non-hydrogen) atoms. The lowest BCUT2D eigenvalue weighted by Gasteiger charge is -2.05. The molecule has 0 N–H and O–H groups in total. The fourth-order valence-corrected chi connectivity index (χ4v) is 7.37. The van der Waals surface area contributed by atoms with Gasteiger partial charge in [-0.15, -0.1) is 0 Å². The fraction of sp³-hybridized carbons (Fsp3) is 0.400. The molecule has 2 heterocycles. The van der Waals surface area contributed by atoms with Crippen LogP contribution in [0, 0.1) is 0 Å². The van der Waals surface area contributed by atoms with Crippen LogP contribution < -0.4 is 22.2 Å². The van der Waals surface area contributed by atoms with Crippen molar-refractivity contribution in [3.63, 3.8) is 0 Å². The third-order valence-corrected chi connectivity index (χ3v) is 9.71. The van der Waals surface area contributed by atoms with Crippen LogP contribution in [-0.2, 0) is 13.1 Å². The minimum atomic E-state index is -0.392. The lowest BCUT2D eigenvalue weighted by atomic mass is 10.1. The molecule has 6 rings (SSSR count). The third kappa shape index (κ3) is 5.52. The van der Waals surface area contributed by atoms with E-state index in [0.29, 0.717) is 67.4 Å². The summed E-state index contributed by atoms with van der Waals surface area (Å²) in [5.41, 5.74) is 0.977. The van der Waals surface area contributed by atoms with Crippen LogP contribution in [0.25, 0.3) is 54.6 Å².